The van der Waals surface area contributed by atoms with E-state index in [1.54, 1.807) is 12.1 Å². The molecule has 16 heavy (non-hydrogen) atoms. The van der Waals surface area contributed by atoms with Crippen molar-refractivity contribution < 1.29 is 4.79 Å². The zero-order valence-electron chi connectivity index (χ0n) is 9.44. The molecule has 4 nitrogen and oxygen atoms in total. The van der Waals surface area contributed by atoms with Gasteiger partial charge in [0.1, 0.15) is 0 Å². The van der Waals surface area contributed by atoms with Crippen molar-refractivity contribution in [3.05, 3.63) is 23.8 Å². The minimum absolute atomic E-state index is 0.405. The Labute approximate surface area is 95.2 Å². The third kappa shape index (κ3) is 2.27. The number of carbonyl (C=O) groups is 1. The maximum absolute atomic E-state index is 11.3. The predicted octanol–water partition coefficient (Wildman–Crippen LogP) is 1.21. The van der Waals surface area contributed by atoms with Crippen LogP contribution in [0.3, 0.4) is 0 Å². The number of hydrogen-bond acceptors (Lipinski definition) is 3. The highest BCUT2D eigenvalue weighted by Gasteiger charge is 2.24. The molecule has 0 unspecified atom stereocenters. The highest BCUT2D eigenvalue weighted by Crippen LogP contribution is 2.32. The quantitative estimate of drug-likeness (QED) is 0.748. The number of rotatable bonds is 4. The summed E-state index contributed by atoms with van der Waals surface area (Å²) in [5, 5.41) is 0. The Hall–Kier alpha value is -1.71. The van der Waals surface area contributed by atoms with Crippen LogP contribution < -0.4 is 16.4 Å². The SMILES string of the molecule is CN(CC1CC1)c1cc(N)ccc1C(N)=O. The number of nitrogens with zero attached hydrogens (tertiary/aromatic N) is 1. The highest BCUT2D eigenvalue weighted by molar-refractivity contribution is 5.99. The first kappa shape index (κ1) is 10.8. The van der Waals surface area contributed by atoms with Gasteiger partial charge in [-0.15, -0.1) is 0 Å². The molecule has 1 aliphatic rings. The van der Waals surface area contributed by atoms with Gasteiger partial charge in [-0.2, -0.15) is 0 Å². The molecular formula is C12H17N3O. The summed E-state index contributed by atoms with van der Waals surface area (Å²) in [5.74, 6) is 0.352. The van der Waals surface area contributed by atoms with E-state index >= 15 is 0 Å². The third-order valence-corrected chi connectivity index (χ3v) is 2.93. The minimum Gasteiger partial charge on any atom is -0.399 e. The summed E-state index contributed by atoms with van der Waals surface area (Å²) in [4.78, 5) is 13.4. The van der Waals surface area contributed by atoms with Crippen LogP contribution >= 0.6 is 0 Å². The van der Waals surface area contributed by atoms with E-state index in [0.29, 0.717) is 11.3 Å². The van der Waals surface area contributed by atoms with Crippen molar-refractivity contribution in [1.82, 2.24) is 0 Å². The standard InChI is InChI=1S/C12H17N3O/c1-15(7-8-2-3-8)11-6-9(13)4-5-10(11)12(14)16/h4-6,8H,2-3,7,13H2,1H3,(H2,14,16). The molecule has 1 saturated carbocycles. The van der Waals surface area contributed by atoms with Gasteiger partial charge in [0.2, 0.25) is 0 Å². The molecule has 0 aromatic heterocycles. The monoisotopic (exact) mass is 219 g/mol. The summed E-state index contributed by atoms with van der Waals surface area (Å²) in [5.41, 5.74) is 13.1. The van der Waals surface area contributed by atoms with E-state index in [1.165, 1.54) is 12.8 Å². The van der Waals surface area contributed by atoms with Gasteiger partial charge in [0.25, 0.3) is 5.91 Å². The lowest BCUT2D eigenvalue weighted by Crippen LogP contribution is -2.24. The van der Waals surface area contributed by atoms with Gasteiger partial charge in [-0.05, 0) is 37.0 Å². The van der Waals surface area contributed by atoms with Gasteiger partial charge in [-0.25, -0.2) is 0 Å². The lowest BCUT2D eigenvalue weighted by atomic mass is 10.1. The zero-order chi connectivity index (χ0) is 11.7. The largest absolute Gasteiger partial charge is 0.399 e. The van der Waals surface area contributed by atoms with E-state index in [2.05, 4.69) is 4.90 Å². The Morgan fingerprint density at radius 2 is 2.19 bits per heavy atom. The first-order valence-electron chi connectivity index (χ1n) is 5.48. The van der Waals surface area contributed by atoms with Gasteiger partial charge in [-0.3, -0.25) is 4.79 Å². The summed E-state index contributed by atoms with van der Waals surface area (Å²) in [6, 6.07) is 5.20. The van der Waals surface area contributed by atoms with E-state index in [0.717, 1.165) is 18.2 Å². The molecule has 1 fully saturated rings. The normalized spacial score (nSPS) is 14.8. The van der Waals surface area contributed by atoms with Crippen LogP contribution in [0.25, 0.3) is 0 Å². The highest BCUT2D eigenvalue weighted by atomic mass is 16.1. The van der Waals surface area contributed by atoms with E-state index in [1.807, 2.05) is 13.1 Å². The lowest BCUT2D eigenvalue weighted by Gasteiger charge is -2.21. The molecule has 0 aliphatic heterocycles. The molecule has 0 radical (unpaired) electrons. The zero-order valence-corrected chi connectivity index (χ0v) is 9.44. The number of benzene rings is 1. The maximum atomic E-state index is 11.3. The first-order chi connectivity index (χ1) is 7.58. The van der Waals surface area contributed by atoms with E-state index < -0.39 is 5.91 Å². The molecular weight excluding hydrogens is 202 g/mol. The maximum Gasteiger partial charge on any atom is 0.250 e. The van der Waals surface area contributed by atoms with Crippen molar-refractivity contribution in [3.63, 3.8) is 0 Å². The number of nitrogens with two attached hydrogens (primary N) is 2. The van der Waals surface area contributed by atoms with Gasteiger partial charge in [0.15, 0.2) is 0 Å². The molecule has 0 spiro atoms. The van der Waals surface area contributed by atoms with Crippen LogP contribution in [0.5, 0.6) is 0 Å². The summed E-state index contributed by atoms with van der Waals surface area (Å²) >= 11 is 0. The molecule has 0 heterocycles. The second-order valence-corrected chi connectivity index (χ2v) is 4.46. The third-order valence-electron chi connectivity index (χ3n) is 2.93. The van der Waals surface area contributed by atoms with Gasteiger partial charge in [0.05, 0.1) is 11.3 Å². The van der Waals surface area contributed by atoms with Crippen LogP contribution in [0.15, 0.2) is 18.2 Å². The topological polar surface area (TPSA) is 72.3 Å². The Bertz CT molecular complexity index is 413. The average molecular weight is 219 g/mol. The Balaban J connectivity index is 2.27. The van der Waals surface area contributed by atoms with Crippen molar-refractivity contribution in [2.24, 2.45) is 11.7 Å². The van der Waals surface area contributed by atoms with Gasteiger partial charge in [-0.1, -0.05) is 0 Å². The van der Waals surface area contributed by atoms with Crippen molar-refractivity contribution in [1.29, 1.82) is 0 Å². The molecule has 0 bridgehead atoms. The van der Waals surface area contributed by atoms with Crippen LogP contribution in [0.2, 0.25) is 0 Å². The average Bonchev–Trinajstić information content (AvgIpc) is 3.01. The Morgan fingerprint density at radius 1 is 1.50 bits per heavy atom. The second kappa shape index (κ2) is 4.04. The molecule has 1 aromatic carbocycles. The summed E-state index contributed by atoms with van der Waals surface area (Å²) in [6.45, 7) is 0.962. The van der Waals surface area contributed by atoms with Crippen molar-refractivity contribution in [2.75, 3.05) is 24.2 Å². The van der Waals surface area contributed by atoms with E-state index in [9.17, 15) is 4.79 Å². The van der Waals surface area contributed by atoms with Crippen molar-refractivity contribution in [3.8, 4) is 0 Å². The Morgan fingerprint density at radius 3 is 2.75 bits per heavy atom. The summed E-state index contributed by atoms with van der Waals surface area (Å²) < 4.78 is 0. The number of carbonyl (C=O) groups excluding carboxylic acids is 1. The minimum atomic E-state index is -0.405. The summed E-state index contributed by atoms with van der Waals surface area (Å²) in [7, 11) is 1.97. The Kier molecular flexibility index (Phi) is 2.73. The van der Waals surface area contributed by atoms with E-state index in [4.69, 9.17) is 11.5 Å². The molecule has 4 heteroatoms. The fourth-order valence-electron chi connectivity index (χ4n) is 1.86. The molecule has 2 rings (SSSR count). The van der Waals surface area contributed by atoms with Crippen molar-refractivity contribution >= 4 is 17.3 Å². The fraction of sp³-hybridized carbons (Fsp3) is 0.417. The predicted molar refractivity (Wildman–Crippen MR) is 65.4 cm³/mol. The summed E-state index contributed by atoms with van der Waals surface area (Å²) in [6.07, 6.45) is 2.55. The number of amides is 1. The van der Waals surface area contributed by atoms with Crippen molar-refractivity contribution in [2.45, 2.75) is 12.8 Å². The number of anilines is 2. The fourth-order valence-corrected chi connectivity index (χ4v) is 1.86. The number of hydrogen-bond donors (Lipinski definition) is 2. The van der Waals surface area contributed by atoms with Crippen LogP contribution in [0, 0.1) is 5.92 Å². The molecule has 1 amide bonds. The molecule has 0 saturated heterocycles. The van der Waals surface area contributed by atoms with Crippen LogP contribution in [0.4, 0.5) is 11.4 Å². The van der Waals surface area contributed by atoms with Gasteiger partial charge < -0.3 is 16.4 Å². The number of nitrogen functional groups attached to an aromatic ring is 1. The molecule has 86 valence electrons. The van der Waals surface area contributed by atoms with Crippen LogP contribution in [-0.2, 0) is 0 Å². The molecule has 1 aromatic rings. The molecule has 1 aliphatic carbocycles. The van der Waals surface area contributed by atoms with Crippen LogP contribution in [0.1, 0.15) is 23.2 Å². The van der Waals surface area contributed by atoms with Crippen LogP contribution in [-0.4, -0.2) is 19.5 Å². The lowest BCUT2D eigenvalue weighted by molar-refractivity contribution is 0.100. The molecule has 4 N–H and O–H groups in total. The number of primary amides is 1. The van der Waals surface area contributed by atoms with E-state index in [-0.39, 0.29) is 0 Å². The first-order valence-corrected chi connectivity index (χ1v) is 5.48. The molecule has 0 atom stereocenters. The van der Waals surface area contributed by atoms with Gasteiger partial charge in [0, 0.05) is 19.3 Å². The van der Waals surface area contributed by atoms with Gasteiger partial charge >= 0.3 is 0 Å². The second-order valence-electron chi connectivity index (χ2n) is 4.46. The smallest absolute Gasteiger partial charge is 0.250 e.